The van der Waals surface area contributed by atoms with Crippen molar-refractivity contribution in [3.8, 4) is 0 Å². The zero-order chi connectivity index (χ0) is 8.82. The Hall–Kier alpha value is -0.0800. The first-order valence-electron chi connectivity index (χ1n) is 4.60. The van der Waals surface area contributed by atoms with Gasteiger partial charge in [-0.25, -0.2) is 0 Å². The van der Waals surface area contributed by atoms with Crippen LogP contribution in [0.3, 0.4) is 0 Å². The average Bonchev–Trinajstić information content (AvgIpc) is 1.94. The van der Waals surface area contributed by atoms with Crippen LogP contribution in [0.5, 0.6) is 0 Å². The lowest BCUT2D eigenvalue weighted by Gasteiger charge is -2.57. The Labute approximate surface area is 74.2 Å². The van der Waals surface area contributed by atoms with E-state index in [0.717, 1.165) is 13.2 Å². The Morgan fingerprint density at radius 3 is 2.08 bits per heavy atom. The number of hydrogen-bond acceptors (Lipinski definition) is 2. The van der Waals surface area contributed by atoms with Crippen molar-refractivity contribution in [1.82, 2.24) is 0 Å². The van der Waals surface area contributed by atoms with E-state index in [-0.39, 0.29) is 5.60 Å². The van der Waals surface area contributed by atoms with Gasteiger partial charge in [-0.2, -0.15) is 0 Å². The third kappa shape index (κ3) is 0.944. The maximum Gasteiger partial charge on any atom is 0.121 e. The normalized spacial score (nSPS) is 32.2. The van der Waals surface area contributed by atoms with Crippen LogP contribution in [0.15, 0.2) is 0 Å². The standard InChI is InChI=1S/C10H17O2/c1-9(2)5-4-8(9)10(11-3)6-12-7-10/h4-7H2,1-3H3. The predicted octanol–water partition coefficient (Wildman–Crippen LogP) is 1.80. The van der Waals surface area contributed by atoms with E-state index in [1.807, 2.05) is 0 Å². The van der Waals surface area contributed by atoms with Gasteiger partial charge in [0.05, 0.1) is 13.2 Å². The van der Waals surface area contributed by atoms with Crippen molar-refractivity contribution in [2.75, 3.05) is 20.3 Å². The lowest BCUT2D eigenvalue weighted by Crippen LogP contribution is -2.62. The molecule has 0 aromatic carbocycles. The molecule has 0 aromatic heterocycles. The third-order valence-electron chi connectivity index (χ3n) is 3.43. The number of methoxy groups -OCH3 is 1. The predicted molar refractivity (Wildman–Crippen MR) is 46.8 cm³/mol. The molecule has 0 aromatic rings. The first-order chi connectivity index (χ1) is 5.61. The van der Waals surface area contributed by atoms with Crippen molar-refractivity contribution >= 4 is 0 Å². The lowest BCUT2D eigenvalue weighted by molar-refractivity contribution is -0.206. The van der Waals surface area contributed by atoms with E-state index in [0.29, 0.717) is 5.41 Å². The Morgan fingerprint density at radius 1 is 1.33 bits per heavy atom. The second-order valence-electron chi connectivity index (χ2n) is 4.55. The topological polar surface area (TPSA) is 18.5 Å². The second kappa shape index (κ2) is 2.46. The van der Waals surface area contributed by atoms with Gasteiger partial charge >= 0.3 is 0 Å². The number of rotatable bonds is 2. The monoisotopic (exact) mass is 169 g/mol. The fraction of sp³-hybridized carbons (Fsp3) is 0.900. The van der Waals surface area contributed by atoms with E-state index in [4.69, 9.17) is 9.47 Å². The molecule has 2 nitrogen and oxygen atoms in total. The fourth-order valence-electron chi connectivity index (χ4n) is 2.30. The third-order valence-corrected chi connectivity index (χ3v) is 3.43. The molecule has 12 heavy (non-hydrogen) atoms. The molecule has 2 aliphatic rings. The summed E-state index contributed by atoms with van der Waals surface area (Å²) in [4.78, 5) is 0. The van der Waals surface area contributed by atoms with Crippen LogP contribution in [0.25, 0.3) is 0 Å². The summed E-state index contributed by atoms with van der Waals surface area (Å²) in [5, 5.41) is 0. The van der Waals surface area contributed by atoms with Crippen LogP contribution in [0, 0.1) is 11.3 Å². The van der Waals surface area contributed by atoms with Gasteiger partial charge in [0.25, 0.3) is 0 Å². The van der Waals surface area contributed by atoms with E-state index >= 15 is 0 Å². The minimum absolute atomic E-state index is 0.0122. The highest BCUT2D eigenvalue weighted by Crippen LogP contribution is 2.56. The van der Waals surface area contributed by atoms with Gasteiger partial charge in [0, 0.05) is 13.0 Å². The maximum absolute atomic E-state index is 5.55. The Bertz CT molecular complexity index is 177. The fourth-order valence-corrected chi connectivity index (χ4v) is 2.30. The first-order valence-corrected chi connectivity index (χ1v) is 4.60. The van der Waals surface area contributed by atoms with Crippen molar-refractivity contribution in [3.63, 3.8) is 0 Å². The van der Waals surface area contributed by atoms with Gasteiger partial charge in [-0.1, -0.05) is 13.8 Å². The van der Waals surface area contributed by atoms with Crippen LogP contribution in [0.1, 0.15) is 26.7 Å². The smallest absolute Gasteiger partial charge is 0.121 e. The van der Waals surface area contributed by atoms with Gasteiger partial charge in [0.15, 0.2) is 0 Å². The van der Waals surface area contributed by atoms with Crippen LogP contribution in [0.2, 0.25) is 0 Å². The van der Waals surface area contributed by atoms with Crippen LogP contribution in [-0.4, -0.2) is 25.9 Å². The molecule has 2 fully saturated rings. The lowest BCUT2D eigenvalue weighted by atomic mass is 9.55. The number of ether oxygens (including phenoxy) is 2. The molecule has 1 saturated heterocycles. The molecule has 1 aliphatic heterocycles. The van der Waals surface area contributed by atoms with Gasteiger partial charge < -0.3 is 9.47 Å². The molecular formula is C10H17O2. The summed E-state index contributed by atoms with van der Waals surface area (Å²) in [6.45, 7) is 6.13. The van der Waals surface area contributed by atoms with Crippen LogP contribution >= 0.6 is 0 Å². The van der Waals surface area contributed by atoms with Crippen LogP contribution in [-0.2, 0) is 9.47 Å². The van der Waals surface area contributed by atoms with Crippen LogP contribution < -0.4 is 0 Å². The minimum atomic E-state index is -0.0122. The zero-order valence-corrected chi connectivity index (χ0v) is 8.14. The highest BCUT2D eigenvalue weighted by molar-refractivity contribution is 5.26. The van der Waals surface area contributed by atoms with E-state index in [2.05, 4.69) is 13.8 Å². The highest BCUT2D eigenvalue weighted by atomic mass is 16.6. The molecule has 0 spiro atoms. The van der Waals surface area contributed by atoms with Gasteiger partial charge in [0.1, 0.15) is 5.60 Å². The summed E-state index contributed by atoms with van der Waals surface area (Å²) < 4.78 is 10.8. The van der Waals surface area contributed by atoms with E-state index in [9.17, 15) is 0 Å². The largest absolute Gasteiger partial charge is 0.375 e. The van der Waals surface area contributed by atoms with Gasteiger partial charge in [-0.3, -0.25) is 0 Å². The van der Waals surface area contributed by atoms with Crippen molar-refractivity contribution < 1.29 is 9.47 Å². The van der Waals surface area contributed by atoms with E-state index < -0.39 is 0 Å². The van der Waals surface area contributed by atoms with Gasteiger partial charge in [-0.05, 0) is 18.3 Å². The van der Waals surface area contributed by atoms with Gasteiger partial charge in [-0.15, -0.1) is 0 Å². The Morgan fingerprint density at radius 2 is 2.00 bits per heavy atom. The summed E-state index contributed by atoms with van der Waals surface area (Å²) in [5.74, 6) is 1.56. The minimum Gasteiger partial charge on any atom is -0.375 e. The molecule has 0 amide bonds. The van der Waals surface area contributed by atoms with E-state index in [1.165, 1.54) is 12.8 Å². The molecule has 0 bridgehead atoms. The molecule has 1 radical (unpaired) electrons. The first kappa shape index (κ1) is 8.52. The second-order valence-corrected chi connectivity index (χ2v) is 4.55. The average molecular weight is 169 g/mol. The highest BCUT2D eigenvalue weighted by Gasteiger charge is 2.56. The molecule has 1 aliphatic carbocycles. The van der Waals surface area contributed by atoms with Crippen molar-refractivity contribution in [1.29, 1.82) is 0 Å². The molecule has 2 rings (SSSR count). The molecule has 0 unspecified atom stereocenters. The summed E-state index contributed by atoms with van der Waals surface area (Å²) in [6, 6.07) is 0. The van der Waals surface area contributed by atoms with Crippen molar-refractivity contribution in [2.24, 2.45) is 5.41 Å². The maximum atomic E-state index is 5.55. The summed E-state index contributed by atoms with van der Waals surface area (Å²) in [6.07, 6.45) is 2.53. The van der Waals surface area contributed by atoms with Crippen LogP contribution in [0.4, 0.5) is 0 Å². The Balaban J connectivity index is 2.08. The Kier molecular flexibility index (Phi) is 1.74. The van der Waals surface area contributed by atoms with Crippen molar-refractivity contribution in [3.05, 3.63) is 5.92 Å². The molecule has 1 heterocycles. The van der Waals surface area contributed by atoms with Crippen molar-refractivity contribution in [2.45, 2.75) is 32.3 Å². The summed E-state index contributed by atoms with van der Waals surface area (Å²) >= 11 is 0. The van der Waals surface area contributed by atoms with E-state index in [1.54, 1.807) is 13.0 Å². The molecule has 1 saturated carbocycles. The molecule has 69 valence electrons. The number of hydrogen-bond donors (Lipinski definition) is 0. The molecule has 0 N–H and O–H groups in total. The SMILES string of the molecule is COC1([C]2CCC2(C)C)COC1. The molecule has 0 atom stereocenters. The summed E-state index contributed by atoms with van der Waals surface area (Å²) in [7, 11) is 1.80. The quantitative estimate of drug-likeness (QED) is 0.627. The molecule has 2 heteroatoms. The zero-order valence-electron chi connectivity index (χ0n) is 8.14. The molecular weight excluding hydrogens is 152 g/mol. The van der Waals surface area contributed by atoms with Gasteiger partial charge in [0.2, 0.25) is 0 Å². The summed E-state index contributed by atoms with van der Waals surface area (Å²) in [5.41, 5.74) is 0.377.